The number of ether oxygens (including phenoxy) is 3. The average Bonchev–Trinajstić information content (AvgIpc) is 3.21. The molecule has 0 spiro atoms. The van der Waals surface area contributed by atoms with E-state index in [1.165, 1.54) is 0 Å². The number of rotatable bonds is 5. The van der Waals surface area contributed by atoms with Gasteiger partial charge in [-0.05, 0) is 25.7 Å². The van der Waals surface area contributed by atoms with Gasteiger partial charge in [0.2, 0.25) is 5.91 Å². The maximum Gasteiger partial charge on any atom is 0.236 e. The van der Waals surface area contributed by atoms with Crippen LogP contribution in [0.4, 0.5) is 0 Å². The Labute approximate surface area is 126 Å². The van der Waals surface area contributed by atoms with E-state index in [9.17, 15) is 4.79 Å². The lowest BCUT2D eigenvalue weighted by Crippen LogP contribution is -2.52. The molecule has 0 bridgehead atoms. The van der Waals surface area contributed by atoms with Crippen molar-refractivity contribution in [2.24, 2.45) is 0 Å². The second-order valence-corrected chi connectivity index (χ2v) is 6.07. The van der Waals surface area contributed by atoms with Gasteiger partial charge in [-0.15, -0.1) is 0 Å². The first-order valence-electron chi connectivity index (χ1n) is 8.16. The van der Waals surface area contributed by atoms with Crippen LogP contribution >= 0.6 is 0 Å². The molecule has 3 atom stereocenters. The van der Waals surface area contributed by atoms with Gasteiger partial charge in [0.15, 0.2) is 0 Å². The van der Waals surface area contributed by atoms with E-state index in [1.807, 2.05) is 4.90 Å². The smallest absolute Gasteiger partial charge is 0.236 e. The zero-order valence-electron chi connectivity index (χ0n) is 12.6. The zero-order valence-corrected chi connectivity index (χ0v) is 12.6. The number of carbonyl (C=O) groups excluding carboxylic acids is 1. The van der Waals surface area contributed by atoms with Gasteiger partial charge in [0.25, 0.3) is 0 Å². The number of nitrogens with zero attached hydrogens (tertiary/aromatic N) is 1. The summed E-state index contributed by atoms with van der Waals surface area (Å²) < 4.78 is 17.0. The lowest BCUT2D eigenvalue weighted by molar-refractivity contribution is -0.143. The van der Waals surface area contributed by atoms with Gasteiger partial charge in [-0.3, -0.25) is 4.79 Å². The van der Waals surface area contributed by atoms with Crippen LogP contribution in [0.1, 0.15) is 25.7 Å². The Hall–Kier alpha value is -0.690. The maximum atomic E-state index is 12.3. The third-order valence-corrected chi connectivity index (χ3v) is 4.50. The quantitative estimate of drug-likeness (QED) is 0.783. The van der Waals surface area contributed by atoms with Gasteiger partial charge in [0.1, 0.15) is 6.10 Å². The van der Waals surface area contributed by atoms with Crippen LogP contribution in [0.15, 0.2) is 0 Å². The van der Waals surface area contributed by atoms with Gasteiger partial charge in [0, 0.05) is 32.8 Å². The van der Waals surface area contributed by atoms with Crippen molar-refractivity contribution in [1.82, 2.24) is 10.2 Å². The summed E-state index contributed by atoms with van der Waals surface area (Å²) in [6, 6.07) is 0. The highest BCUT2D eigenvalue weighted by Crippen LogP contribution is 2.21. The van der Waals surface area contributed by atoms with Crippen LogP contribution in [0.5, 0.6) is 0 Å². The van der Waals surface area contributed by atoms with E-state index < -0.39 is 0 Å². The van der Waals surface area contributed by atoms with E-state index in [-0.39, 0.29) is 24.2 Å². The van der Waals surface area contributed by atoms with Crippen LogP contribution < -0.4 is 5.32 Å². The minimum absolute atomic E-state index is 0.0448. The topological polar surface area (TPSA) is 60.0 Å². The van der Waals surface area contributed by atoms with Crippen molar-refractivity contribution in [2.75, 3.05) is 46.0 Å². The molecule has 0 aromatic rings. The first-order chi connectivity index (χ1) is 10.3. The molecule has 1 N–H and O–H groups in total. The van der Waals surface area contributed by atoms with Crippen LogP contribution in [-0.4, -0.2) is 75.1 Å². The van der Waals surface area contributed by atoms with E-state index in [0.717, 1.165) is 45.4 Å². The molecule has 3 saturated heterocycles. The van der Waals surface area contributed by atoms with Gasteiger partial charge in [-0.25, -0.2) is 0 Å². The van der Waals surface area contributed by atoms with Gasteiger partial charge >= 0.3 is 0 Å². The summed E-state index contributed by atoms with van der Waals surface area (Å²) in [7, 11) is 0. The van der Waals surface area contributed by atoms with Gasteiger partial charge < -0.3 is 24.4 Å². The molecule has 0 saturated carbocycles. The summed E-state index contributed by atoms with van der Waals surface area (Å²) in [4.78, 5) is 14.2. The Morgan fingerprint density at radius 2 is 1.86 bits per heavy atom. The normalized spacial score (nSPS) is 33.5. The molecule has 3 aliphatic heterocycles. The Balaban J connectivity index is 1.38. The highest BCUT2D eigenvalue weighted by Gasteiger charge is 2.32. The van der Waals surface area contributed by atoms with Crippen molar-refractivity contribution in [3.63, 3.8) is 0 Å². The Morgan fingerprint density at radius 1 is 1.05 bits per heavy atom. The molecular formula is C15H26N2O4. The molecule has 3 fully saturated rings. The maximum absolute atomic E-state index is 12.3. The summed E-state index contributed by atoms with van der Waals surface area (Å²) in [5, 5.41) is 3.22. The predicted molar refractivity (Wildman–Crippen MR) is 77.1 cm³/mol. The third-order valence-electron chi connectivity index (χ3n) is 4.50. The first-order valence-corrected chi connectivity index (χ1v) is 8.16. The van der Waals surface area contributed by atoms with E-state index in [0.29, 0.717) is 26.2 Å². The number of morpholine rings is 1. The minimum Gasteiger partial charge on any atom is -0.377 e. The summed E-state index contributed by atoms with van der Waals surface area (Å²) in [5.74, 6) is 0.152. The van der Waals surface area contributed by atoms with Crippen molar-refractivity contribution in [2.45, 2.75) is 44.0 Å². The summed E-state index contributed by atoms with van der Waals surface area (Å²) in [6.45, 7) is 4.79. The van der Waals surface area contributed by atoms with Gasteiger partial charge in [0.05, 0.1) is 25.4 Å². The van der Waals surface area contributed by atoms with Crippen LogP contribution in [0.2, 0.25) is 0 Å². The Bertz CT molecular complexity index is 341. The number of hydrogen-bond donors (Lipinski definition) is 1. The van der Waals surface area contributed by atoms with Crippen molar-refractivity contribution in [3.05, 3.63) is 0 Å². The van der Waals surface area contributed by atoms with Crippen LogP contribution in [0.3, 0.4) is 0 Å². The van der Waals surface area contributed by atoms with E-state index in [4.69, 9.17) is 14.2 Å². The number of nitrogens with one attached hydrogen (secondary N) is 1. The molecule has 0 aliphatic carbocycles. The van der Waals surface area contributed by atoms with Gasteiger partial charge in [-0.2, -0.15) is 0 Å². The van der Waals surface area contributed by atoms with E-state index in [2.05, 4.69) is 5.32 Å². The molecular weight excluding hydrogens is 272 g/mol. The number of carbonyl (C=O) groups is 1. The monoisotopic (exact) mass is 298 g/mol. The van der Waals surface area contributed by atoms with Crippen molar-refractivity contribution in [3.8, 4) is 0 Å². The fourth-order valence-electron chi connectivity index (χ4n) is 3.28. The highest BCUT2D eigenvalue weighted by molar-refractivity contribution is 5.78. The molecule has 1 amide bonds. The summed E-state index contributed by atoms with van der Waals surface area (Å²) >= 11 is 0. The van der Waals surface area contributed by atoms with Crippen molar-refractivity contribution >= 4 is 5.91 Å². The molecule has 3 heterocycles. The second-order valence-electron chi connectivity index (χ2n) is 6.07. The fourth-order valence-corrected chi connectivity index (χ4v) is 3.28. The van der Waals surface area contributed by atoms with E-state index >= 15 is 0 Å². The minimum atomic E-state index is 0.0448. The fraction of sp³-hybridized carbons (Fsp3) is 0.933. The van der Waals surface area contributed by atoms with Crippen LogP contribution in [0.25, 0.3) is 0 Å². The third kappa shape index (κ3) is 4.16. The number of hydrogen-bond acceptors (Lipinski definition) is 5. The standard InChI is InChI=1S/C15H26N2O4/c18-15(10-16-9-12-3-1-6-19-12)17-5-8-21-14(11-17)13-4-2-7-20-13/h12-14,16H,1-11H2/t12-,13-,14-/m0/s1. The second kappa shape index (κ2) is 7.54. The van der Waals surface area contributed by atoms with Gasteiger partial charge in [-0.1, -0.05) is 0 Å². The van der Waals surface area contributed by atoms with E-state index in [1.54, 1.807) is 0 Å². The highest BCUT2D eigenvalue weighted by atomic mass is 16.5. The van der Waals surface area contributed by atoms with Crippen molar-refractivity contribution < 1.29 is 19.0 Å². The molecule has 0 unspecified atom stereocenters. The molecule has 6 heteroatoms. The zero-order chi connectivity index (χ0) is 14.5. The molecule has 3 aliphatic rings. The molecule has 0 aromatic carbocycles. The molecule has 120 valence electrons. The first kappa shape index (κ1) is 15.2. The predicted octanol–water partition coefficient (Wildman–Crippen LogP) is 0.161. The van der Waals surface area contributed by atoms with Crippen molar-refractivity contribution in [1.29, 1.82) is 0 Å². The van der Waals surface area contributed by atoms with Crippen LogP contribution in [0, 0.1) is 0 Å². The Morgan fingerprint density at radius 3 is 2.62 bits per heavy atom. The Kier molecular flexibility index (Phi) is 5.46. The molecule has 0 aromatic heterocycles. The number of amides is 1. The summed E-state index contributed by atoms with van der Waals surface area (Å²) in [6.07, 6.45) is 4.86. The van der Waals surface area contributed by atoms with Crippen LogP contribution in [-0.2, 0) is 19.0 Å². The largest absolute Gasteiger partial charge is 0.377 e. The molecule has 3 rings (SSSR count). The molecule has 6 nitrogen and oxygen atoms in total. The molecule has 21 heavy (non-hydrogen) atoms. The lowest BCUT2D eigenvalue weighted by Gasteiger charge is -2.35. The average molecular weight is 298 g/mol. The lowest BCUT2D eigenvalue weighted by atomic mass is 10.1. The SMILES string of the molecule is O=C(CNC[C@@H]1CCCO1)N1CCO[C@H]([C@@H]2CCCO2)C1. The summed E-state index contributed by atoms with van der Waals surface area (Å²) in [5.41, 5.74) is 0. The molecule has 0 radical (unpaired) electrons.